The molecule has 0 aromatic heterocycles. The van der Waals surface area contributed by atoms with Gasteiger partial charge in [-0.2, -0.15) is 0 Å². The number of carbonyl (C=O) groups excluding carboxylic acids is 1. The number of aliphatic hydroxyl groups is 5. The van der Waals surface area contributed by atoms with E-state index in [0.29, 0.717) is 13.0 Å². The van der Waals surface area contributed by atoms with E-state index in [4.69, 9.17) is 18.5 Å². The predicted octanol–water partition coefficient (Wildman–Crippen LogP) is 9.81. The number of phosphoric acid groups is 1. The van der Waals surface area contributed by atoms with Crippen LogP contribution in [0, 0.1) is 0 Å². The maximum atomic E-state index is 12.8. The molecule has 1 fully saturated rings. The summed E-state index contributed by atoms with van der Waals surface area (Å²) in [5.41, 5.74) is 0. The van der Waals surface area contributed by atoms with E-state index in [-0.39, 0.29) is 13.0 Å². The molecule has 0 heterocycles. The summed E-state index contributed by atoms with van der Waals surface area (Å²) in [7, 11) is -5.03. The number of rotatable bonds is 39. The third-order valence-electron chi connectivity index (χ3n) is 10.6. The molecule has 0 aromatic carbocycles. The first-order valence-electron chi connectivity index (χ1n) is 23.6. The summed E-state index contributed by atoms with van der Waals surface area (Å²) in [4.78, 5) is 23.2. The van der Waals surface area contributed by atoms with Crippen LogP contribution in [0.15, 0.2) is 60.8 Å². The van der Waals surface area contributed by atoms with Gasteiger partial charge in [0.15, 0.2) is 0 Å². The normalized spacial score (nSPS) is 22.7. The molecule has 0 bridgehead atoms. The highest BCUT2D eigenvalue weighted by molar-refractivity contribution is 7.47. The lowest BCUT2D eigenvalue weighted by Crippen LogP contribution is -2.64. The van der Waals surface area contributed by atoms with Crippen LogP contribution >= 0.6 is 7.82 Å². The second kappa shape index (κ2) is 38.5. The number of ether oxygens (including phenoxy) is 2. The van der Waals surface area contributed by atoms with Crippen LogP contribution in [0.5, 0.6) is 0 Å². The lowest BCUT2D eigenvalue weighted by molar-refractivity contribution is -0.220. The molecule has 6 atom stereocenters. The number of hydrogen-bond acceptors (Lipinski definition) is 11. The fourth-order valence-corrected chi connectivity index (χ4v) is 7.84. The van der Waals surface area contributed by atoms with Gasteiger partial charge in [0.25, 0.3) is 0 Å². The zero-order chi connectivity index (χ0) is 44.8. The maximum Gasteiger partial charge on any atom is 0.472 e. The molecule has 1 aliphatic carbocycles. The number of carbonyl (C=O) groups is 1. The quantitative estimate of drug-likeness (QED) is 0.0148. The second-order valence-corrected chi connectivity index (χ2v) is 17.6. The molecule has 0 amide bonds. The number of aliphatic hydroxyl groups excluding tert-OH is 5. The molecule has 61 heavy (non-hydrogen) atoms. The van der Waals surface area contributed by atoms with Gasteiger partial charge in [-0.05, 0) is 77.0 Å². The topological polar surface area (TPSA) is 192 Å². The van der Waals surface area contributed by atoms with Gasteiger partial charge in [-0.3, -0.25) is 13.8 Å². The summed E-state index contributed by atoms with van der Waals surface area (Å²) in [6.07, 6.45) is 35.7. The Labute approximate surface area is 368 Å². The third kappa shape index (κ3) is 30.7. The maximum absolute atomic E-state index is 12.8. The number of esters is 1. The van der Waals surface area contributed by atoms with Gasteiger partial charge >= 0.3 is 13.8 Å². The monoisotopic (exact) mass is 885 g/mol. The molecule has 1 rings (SSSR count). The summed E-state index contributed by atoms with van der Waals surface area (Å²) in [5.74, 6) is -0.495. The molecule has 6 N–H and O–H groups in total. The van der Waals surface area contributed by atoms with E-state index in [9.17, 15) is 39.8 Å². The molecule has 0 radical (unpaired) electrons. The molecule has 0 spiro atoms. The minimum atomic E-state index is -5.03. The van der Waals surface area contributed by atoms with E-state index in [0.717, 1.165) is 103 Å². The highest BCUT2D eigenvalue weighted by atomic mass is 31.2. The molecule has 354 valence electrons. The first-order valence-corrected chi connectivity index (χ1v) is 25.1. The average molecular weight is 885 g/mol. The first kappa shape index (κ1) is 57.1. The lowest BCUT2D eigenvalue weighted by atomic mass is 9.85. The van der Waals surface area contributed by atoms with Gasteiger partial charge in [0.1, 0.15) is 42.7 Å². The highest BCUT2D eigenvalue weighted by Gasteiger charge is 2.51. The Bertz CT molecular complexity index is 1240. The van der Waals surface area contributed by atoms with Gasteiger partial charge in [0.05, 0.1) is 13.2 Å². The fourth-order valence-electron chi connectivity index (χ4n) is 6.87. The van der Waals surface area contributed by atoms with Gasteiger partial charge < -0.3 is 39.9 Å². The van der Waals surface area contributed by atoms with Crippen LogP contribution in [0.2, 0.25) is 0 Å². The van der Waals surface area contributed by atoms with Crippen LogP contribution in [0.3, 0.4) is 0 Å². The molecule has 6 unspecified atom stereocenters. The van der Waals surface area contributed by atoms with Crippen molar-refractivity contribution in [2.45, 2.75) is 217 Å². The number of hydrogen-bond donors (Lipinski definition) is 6. The second-order valence-electron chi connectivity index (χ2n) is 16.2. The Morgan fingerprint density at radius 2 is 0.967 bits per heavy atom. The third-order valence-corrected chi connectivity index (χ3v) is 11.6. The molecule has 1 aliphatic rings. The van der Waals surface area contributed by atoms with Crippen LogP contribution in [-0.2, 0) is 27.9 Å². The molecule has 0 saturated heterocycles. The van der Waals surface area contributed by atoms with E-state index in [1.165, 1.54) is 44.9 Å². The Balaban J connectivity index is 2.41. The summed E-state index contributed by atoms with van der Waals surface area (Å²) < 4.78 is 34.2. The molecule has 13 heteroatoms. The van der Waals surface area contributed by atoms with Gasteiger partial charge in [0.2, 0.25) is 0 Å². The van der Waals surface area contributed by atoms with Crippen LogP contribution < -0.4 is 0 Å². The molecule has 0 aliphatic heterocycles. The van der Waals surface area contributed by atoms with Crippen molar-refractivity contribution >= 4 is 13.8 Å². The minimum absolute atomic E-state index is 0.0949. The number of phosphoric ester groups is 1. The van der Waals surface area contributed by atoms with Crippen molar-refractivity contribution in [1.82, 2.24) is 0 Å². The minimum Gasteiger partial charge on any atom is -0.457 e. The largest absolute Gasteiger partial charge is 0.472 e. The molecular weight excluding hydrogens is 799 g/mol. The summed E-state index contributed by atoms with van der Waals surface area (Å²) >= 11 is 0. The SMILES string of the molecule is CC/C=C\C/C=C\C/C=C\C/C=C\CCCCCCCOCC(COP(=O)(O)OC1C(O)C(O)C(O)C(O)C1O)OC(=O)CCCCCCC/C=C\CCCCCCCCC. The van der Waals surface area contributed by atoms with Crippen LogP contribution in [0.4, 0.5) is 0 Å². The summed E-state index contributed by atoms with van der Waals surface area (Å²) in [6.45, 7) is 4.09. The predicted molar refractivity (Wildman–Crippen MR) is 244 cm³/mol. The van der Waals surface area contributed by atoms with E-state index in [1.807, 2.05) is 0 Å². The number of allylic oxidation sites excluding steroid dienone is 10. The van der Waals surface area contributed by atoms with Crippen molar-refractivity contribution in [3.63, 3.8) is 0 Å². The van der Waals surface area contributed by atoms with Crippen molar-refractivity contribution in [2.75, 3.05) is 19.8 Å². The van der Waals surface area contributed by atoms with Crippen molar-refractivity contribution < 1.29 is 58.3 Å². The fraction of sp³-hybridized carbons (Fsp3) is 0.771. The zero-order valence-electron chi connectivity index (χ0n) is 37.7. The van der Waals surface area contributed by atoms with Crippen LogP contribution in [0.1, 0.15) is 174 Å². The molecule has 0 aromatic rings. The summed E-state index contributed by atoms with van der Waals surface area (Å²) in [5, 5.41) is 50.2. The molecule has 1 saturated carbocycles. The van der Waals surface area contributed by atoms with Crippen molar-refractivity contribution in [3.05, 3.63) is 60.8 Å². The number of unbranched alkanes of at least 4 members (excludes halogenated alkanes) is 17. The van der Waals surface area contributed by atoms with Crippen molar-refractivity contribution in [3.8, 4) is 0 Å². The van der Waals surface area contributed by atoms with E-state index >= 15 is 0 Å². The van der Waals surface area contributed by atoms with E-state index < -0.39 is 63.1 Å². The highest BCUT2D eigenvalue weighted by Crippen LogP contribution is 2.47. The lowest BCUT2D eigenvalue weighted by Gasteiger charge is -2.41. The molecular formula is C48H85O12P. The Morgan fingerprint density at radius 3 is 1.49 bits per heavy atom. The molecule has 12 nitrogen and oxygen atoms in total. The van der Waals surface area contributed by atoms with Crippen molar-refractivity contribution in [1.29, 1.82) is 0 Å². The van der Waals surface area contributed by atoms with Gasteiger partial charge in [-0.1, -0.05) is 152 Å². The Morgan fingerprint density at radius 1 is 0.541 bits per heavy atom. The van der Waals surface area contributed by atoms with Gasteiger partial charge in [0, 0.05) is 13.0 Å². The van der Waals surface area contributed by atoms with Gasteiger partial charge in [-0.15, -0.1) is 0 Å². The van der Waals surface area contributed by atoms with Gasteiger partial charge in [-0.25, -0.2) is 4.57 Å². The van der Waals surface area contributed by atoms with Crippen LogP contribution in [0.25, 0.3) is 0 Å². The standard InChI is InChI=1S/C48H85O12P/c1-3-5-7-9-11-13-15-17-19-21-22-24-26-28-30-32-34-36-38-57-39-41(40-58-61(55,56)60-48-46(53)44(51)43(50)45(52)47(48)54)59-42(49)37-35-33-31-29-27-25-23-20-18-16-14-12-10-8-6-4-2/h5,7,11,13,17,19-20,22-24,41,43-48,50-54H,3-4,6,8-10,12,14-16,18,21,25-40H2,1-2H3,(H,55,56)/b7-5-,13-11-,19-17-,23-20-,24-22-. The Hall–Kier alpha value is -1.96. The van der Waals surface area contributed by atoms with Crippen molar-refractivity contribution in [2.24, 2.45) is 0 Å². The smallest absolute Gasteiger partial charge is 0.457 e. The van der Waals surface area contributed by atoms with E-state index in [2.05, 4.69) is 74.6 Å². The zero-order valence-corrected chi connectivity index (χ0v) is 38.6. The average Bonchev–Trinajstić information content (AvgIpc) is 3.24. The first-order chi connectivity index (χ1) is 29.5. The van der Waals surface area contributed by atoms with Crippen LogP contribution in [-0.4, -0.2) is 98.9 Å². The summed E-state index contributed by atoms with van der Waals surface area (Å²) in [6, 6.07) is 0. The van der Waals surface area contributed by atoms with E-state index in [1.54, 1.807) is 0 Å². The Kier molecular flexibility index (Phi) is 36.0.